The fourth-order valence-electron chi connectivity index (χ4n) is 2.39. The van der Waals surface area contributed by atoms with Gasteiger partial charge in [0.1, 0.15) is 0 Å². The Labute approximate surface area is 126 Å². The molecule has 0 unspecified atom stereocenters. The van der Waals surface area contributed by atoms with Crippen LogP contribution in [0.3, 0.4) is 0 Å². The molecule has 1 aliphatic carbocycles. The standard InChI is InChI=1S/C17H15F2NO2/c1-17(18,19)14-7-4-12(5-8-14)16(21)15-9-6-13(10-20(15)22)11-2-3-11/h4-11H,2-3H2,1H3. The van der Waals surface area contributed by atoms with E-state index in [4.69, 9.17) is 0 Å². The lowest BCUT2D eigenvalue weighted by Crippen LogP contribution is -2.35. The Hall–Kier alpha value is -2.30. The molecule has 114 valence electrons. The third-order valence-electron chi connectivity index (χ3n) is 3.87. The van der Waals surface area contributed by atoms with Gasteiger partial charge >= 0.3 is 0 Å². The topological polar surface area (TPSA) is 44.0 Å². The molecule has 0 spiro atoms. The highest BCUT2D eigenvalue weighted by molar-refractivity contribution is 6.06. The van der Waals surface area contributed by atoms with Crippen LogP contribution in [0.25, 0.3) is 0 Å². The third-order valence-corrected chi connectivity index (χ3v) is 3.87. The van der Waals surface area contributed by atoms with E-state index in [2.05, 4.69) is 0 Å². The van der Waals surface area contributed by atoms with Crippen LogP contribution in [0.2, 0.25) is 0 Å². The van der Waals surface area contributed by atoms with Crippen molar-refractivity contribution in [1.82, 2.24) is 0 Å². The Balaban J connectivity index is 1.87. The van der Waals surface area contributed by atoms with E-state index in [1.807, 2.05) is 0 Å². The van der Waals surface area contributed by atoms with Crippen LogP contribution in [0.5, 0.6) is 0 Å². The van der Waals surface area contributed by atoms with E-state index in [-0.39, 0.29) is 16.8 Å². The third kappa shape index (κ3) is 2.84. The molecule has 3 nitrogen and oxygen atoms in total. The summed E-state index contributed by atoms with van der Waals surface area (Å²) < 4.78 is 26.9. The number of ketones is 1. The maximum absolute atomic E-state index is 13.2. The van der Waals surface area contributed by atoms with E-state index in [1.54, 1.807) is 6.07 Å². The van der Waals surface area contributed by atoms with Crippen LogP contribution in [0.1, 0.15) is 52.9 Å². The van der Waals surface area contributed by atoms with E-state index in [9.17, 15) is 18.8 Å². The molecule has 1 aromatic heterocycles. The Morgan fingerprint density at radius 1 is 1.18 bits per heavy atom. The predicted molar refractivity (Wildman–Crippen MR) is 76.8 cm³/mol. The summed E-state index contributed by atoms with van der Waals surface area (Å²) in [5, 5.41) is 12.0. The molecule has 0 aliphatic heterocycles. The molecule has 0 radical (unpaired) electrons. The zero-order chi connectivity index (χ0) is 15.9. The van der Waals surface area contributed by atoms with Gasteiger partial charge in [-0.25, -0.2) is 8.78 Å². The Morgan fingerprint density at radius 2 is 1.82 bits per heavy atom. The summed E-state index contributed by atoms with van der Waals surface area (Å²) in [6, 6.07) is 8.36. The number of halogens is 2. The number of hydrogen-bond donors (Lipinski definition) is 0. The quantitative estimate of drug-likeness (QED) is 0.492. The first kappa shape index (κ1) is 14.6. The first-order valence-corrected chi connectivity index (χ1v) is 7.12. The van der Waals surface area contributed by atoms with Gasteiger partial charge in [0.25, 0.3) is 17.4 Å². The molecule has 2 aromatic rings. The number of alkyl halides is 2. The van der Waals surface area contributed by atoms with Gasteiger partial charge in [-0.2, -0.15) is 4.73 Å². The molecular formula is C17H15F2NO2. The number of carbonyl (C=O) groups is 1. The number of pyridine rings is 1. The van der Waals surface area contributed by atoms with Gasteiger partial charge in [-0.15, -0.1) is 0 Å². The molecule has 1 saturated carbocycles. The summed E-state index contributed by atoms with van der Waals surface area (Å²) in [5.74, 6) is -3.00. The summed E-state index contributed by atoms with van der Waals surface area (Å²) >= 11 is 0. The fraction of sp³-hybridized carbons (Fsp3) is 0.294. The minimum absolute atomic E-state index is 0.000378. The maximum Gasteiger partial charge on any atom is 0.270 e. The van der Waals surface area contributed by atoms with Crippen molar-refractivity contribution in [3.63, 3.8) is 0 Å². The number of carbonyl (C=O) groups excluding carboxylic acids is 1. The minimum Gasteiger partial charge on any atom is -0.618 e. The normalized spacial score (nSPS) is 14.9. The number of nitrogens with zero attached hydrogens (tertiary/aromatic N) is 1. The second-order valence-electron chi connectivity index (χ2n) is 5.74. The summed E-state index contributed by atoms with van der Waals surface area (Å²) in [6.07, 6.45) is 3.57. The smallest absolute Gasteiger partial charge is 0.270 e. The van der Waals surface area contributed by atoms with Gasteiger partial charge in [-0.1, -0.05) is 24.3 Å². The number of benzene rings is 1. The van der Waals surface area contributed by atoms with Crippen molar-refractivity contribution in [3.05, 3.63) is 70.2 Å². The lowest BCUT2D eigenvalue weighted by atomic mass is 10.0. The largest absolute Gasteiger partial charge is 0.618 e. The zero-order valence-electron chi connectivity index (χ0n) is 12.1. The molecule has 1 heterocycles. The van der Waals surface area contributed by atoms with Crippen LogP contribution in [0.4, 0.5) is 8.78 Å². The van der Waals surface area contributed by atoms with Crippen molar-refractivity contribution in [2.45, 2.75) is 31.6 Å². The molecule has 0 saturated heterocycles. The van der Waals surface area contributed by atoms with E-state index in [0.29, 0.717) is 10.6 Å². The number of rotatable bonds is 4. The summed E-state index contributed by atoms with van der Waals surface area (Å²) in [4.78, 5) is 12.3. The average molecular weight is 303 g/mol. The van der Waals surface area contributed by atoms with Gasteiger partial charge < -0.3 is 5.21 Å². The highest BCUT2D eigenvalue weighted by Gasteiger charge is 2.28. The van der Waals surface area contributed by atoms with Crippen LogP contribution >= 0.6 is 0 Å². The molecule has 0 atom stereocenters. The van der Waals surface area contributed by atoms with E-state index >= 15 is 0 Å². The maximum atomic E-state index is 13.2. The van der Waals surface area contributed by atoms with Crippen molar-refractivity contribution >= 4 is 5.78 Å². The molecule has 1 fully saturated rings. The van der Waals surface area contributed by atoms with E-state index in [0.717, 1.165) is 25.3 Å². The fourth-order valence-corrected chi connectivity index (χ4v) is 2.39. The van der Waals surface area contributed by atoms with Crippen molar-refractivity contribution in [2.24, 2.45) is 0 Å². The molecule has 5 heteroatoms. The van der Waals surface area contributed by atoms with Crippen molar-refractivity contribution in [1.29, 1.82) is 0 Å². The predicted octanol–water partition coefficient (Wildman–Crippen LogP) is 3.54. The molecule has 0 bridgehead atoms. The first-order chi connectivity index (χ1) is 10.4. The van der Waals surface area contributed by atoms with Gasteiger partial charge in [-0.05, 0) is 24.8 Å². The van der Waals surface area contributed by atoms with Crippen molar-refractivity contribution in [3.8, 4) is 0 Å². The average Bonchev–Trinajstić information content (AvgIpc) is 3.30. The van der Waals surface area contributed by atoms with Gasteiger partial charge in [0.2, 0.25) is 0 Å². The zero-order valence-corrected chi connectivity index (χ0v) is 12.1. The molecule has 1 aromatic carbocycles. The van der Waals surface area contributed by atoms with Gasteiger partial charge in [0.15, 0.2) is 6.20 Å². The lowest BCUT2D eigenvalue weighted by molar-refractivity contribution is -0.608. The first-order valence-electron chi connectivity index (χ1n) is 7.12. The molecule has 22 heavy (non-hydrogen) atoms. The van der Waals surface area contributed by atoms with Crippen LogP contribution in [-0.4, -0.2) is 5.78 Å². The van der Waals surface area contributed by atoms with Crippen molar-refractivity contribution in [2.75, 3.05) is 0 Å². The van der Waals surface area contributed by atoms with Crippen molar-refractivity contribution < 1.29 is 18.3 Å². The molecule has 0 amide bonds. The summed E-state index contributed by atoms with van der Waals surface area (Å²) in [6.45, 7) is 0.798. The molecule has 0 N–H and O–H groups in total. The van der Waals surface area contributed by atoms with Crippen LogP contribution in [0.15, 0.2) is 42.6 Å². The van der Waals surface area contributed by atoms with Gasteiger partial charge in [0.05, 0.1) is 0 Å². The SMILES string of the molecule is CC(F)(F)c1ccc(C(=O)c2ccc(C3CC3)c[n+]2[O-])cc1. The van der Waals surface area contributed by atoms with Crippen LogP contribution < -0.4 is 4.73 Å². The highest BCUT2D eigenvalue weighted by Crippen LogP contribution is 2.39. The summed E-state index contributed by atoms with van der Waals surface area (Å²) in [5.41, 5.74) is 0.993. The number of aromatic nitrogens is 1. The van der Waals surface area contributed by atoms with Gasteiger partial charge in [-0.3, -0.25) is 4.79 Å². The van der Waals surface area contributed by atoms with E-state index < -0.39 is 11.7 Å². The Bertz CT molecular complexity index is 716. The highest BCUT2D eigenvalue weighted by atomic mass is 19.3. The van der Waals surface area contributed by atoms with Gasteiger partial charge in [0, 0.05) is 29.7 Å². The van der Waals surface area contributed by atoms with Crippen LogP contribution in [-0.2, 0) is 5.92 Å². The monoisotopic (exact) mass is 303 g/mol. The van der Waals surface area contributed by atoms with E-state index in [1.165, 1.54) is 36.5 Å². The minimum atomic E-state index is -2.95. The summed E-state index contributed by atoms with van der Waals surface area (Å²) in [7, 11) is 0. The Morgan fingerprint density at radius 3 is 2.32 bits per heavy atom. The lowest BCUT2D eigenvalue weighted by Gasteiger charge is -2.10. The Kier molecular flexibility index (Phi) is 3.43. The second kappa shape index (κ2) is 5.16. The number of hydrogen-bond acceptors (Lipinski definition) is 2. The molecule has 1 aliphatic rings. The molecular weight excluding hydrogens is 288 g/mol. The van der Waals surface area contributed by atoms with Crippen LogP contribution in [0, 0.1) is 5.21 Å². The molecule has 3 rings (SSSR count). The second-order valence-corrected chi connectivity index (χ2v) is 5.74.